The van der Waals surface area contributed by atoms with E-state index in [9.17, 15) is 4.79 Å². The van der Waals surface area contributed by atoms with Gasteiger partial charge in [0.2, 0.25) is 22.8 Å². The first kappa shape index (κ1) is 17.2. The lowest BCUT2D eigenvalue weighted by Gasteiger charge is -1.98. The van der Waals surface area contributed by atoms with Gasteiger partial charge < -0.3 is 9.84 Å². The molecule has 3 heterocycles. The minimum absolute atomic E-state index is 0.151. The van der Waals surface area contributed by atoms with E-state index < -0.39 is 0 Å². The van der Waals surface area contributed by atoms with E-state index in [0.29, 0.717) is 23.3 Å². The highest BCUT2D eigenvalue weighted by molar-refractivity contribution is 7.15. The second-order valence-electron chi connectivity index (χ2n) is 5.40. The Balaban J connectivity index is 1.49. The summed E-state index contributed by atoms with van der Waals surface area (Å²) >= 11 is 1.41. The Kier molecular flexibility index (Phi) is 5.78. The lowest BCUT2D eigenvalue weighted by Crippen LogP contribution is -2.12. The summed E-state index contributed by atoms with van der Waals surface area (Å²) in [6, 6.07) is 3.60. The van der Waals surface area contributed by atoms with Crippen molar-refractivity contribution < 1.29 is 9.32 Å². The third-order valence-corrected chi connectivity index (χ3v) is 4.33. The number of aromatic nitrogens is 5. The normalized spacial score (nSPS) is 10.8. The Morgan fingerprint density at radius 3 is 2.88 bits per heavy atom. The first-order valence-corrected chi connectivity index (χ1v) is 8.91. The van der Waals surface area contributed by atoms with E-state index in [1.165, 1.54) is 11.3 Å². The van der Waals surface area contributed by atoms with Crippen LogP contribution in [-0.4, -0.2) is 31.2 Å². The first-order chi connectivity index (χ1) is 12.2. The fourth-order valence-electron chi connectivity index (χ4n) is 2.11. The zero-order chi connectivity index (χ0) is 17.5. The average Bonchev–Trinajstić information content (AvgIpc) is 3.28. The molecule has 0 aliphatic carbocycles. The summed E-state index contributed by atoms with van der Waals surface area (Å²) in [6.45, 7) is 2.13. The summed E-state index contributed by atoms with van der Waals surface area (Å²) in [6.07, 6.45) is 6.99. The van der Waals surface area contributed by atoms with Crippen molar-refractivity contribution in [3.63, 3.8) is 0 Å². The summed E-state index contributed by atoms with van der Waals surface area (Å²) in [5.41, 5.74) is 0.822. The number of carbonyl (C=O) groups is 1. The number of aryl methyl sites for hydroxylation is 2. The summed E-state index contributed by atoms with van der Waals surface area (Å²) in [7, 11) is 0. The van der Waals surface area contributed by atoms with Gasteiger partial charge in [0, 0.05) is 37.2 Å². The van der Waals surface area contributed by atoms with E-state index >= 15 is 0 Å². The Hall–Kier alpha value is -2.68. The Bertz CT molecular complexity index is 817. The molecule has 0 aromatic carbocycles. The number of hydrogen-bond donors (Lipinski definition) is 1. The highest BCUT2D eigenvalue weighted by Gasteiger charge is 2.12. The molecule has 0 aliphatic heterocycles. The molecular formula is C16H18N6O2S. The van der Waals surface area contributed by atoms with Crippen LogP contribution in [0.4, 0.5) is 5.13 Å². The lowest BCUT2D eigenvalue weighted by atomic mass is 10.2. The second-order valence-corrected chi connectivity index (χ2v) is 6.46. The number of amides is 1. The quantitative estimate of drug-likeness (QED) is 0.659. The van der Waals surface area contributed by atoms with Crippen molar-refractivity contribution in [2.24, 2.45) is 0 Å². The summed E-state index contributed by atoms with van der Waals surface area (Å²) in [5, 5.41) is 16.2. The molecule has 1 N–H and O–H groups in total. The molecule has 0 spiro atoms. The van der Waals surface area contributed by atoms with E-state index in [1.54, 1.807) is 24.5 Å². The minimum atomic E-state index is -0.151. The molecule has 130 valence electrons. The van der Waals surface area contributed by atoms with Gasteiger partial charge in [-0.05, 0) is 18.6 Å². The molecule has 0 saturated carbocycles. The van der Waals surface area contributed by atoms with Crippen LogP contribution in [0.2, 0.25) is 0 Å². The first-order valence-electron chi connectivity index (χ1n) is 8.10. The van der Waals surface area contributed by atoms with Gasteiger partial charge in [-0.25, -0.2) is 0 Å². The molecule has 0 radical (unpaired) electrons. The van der Waals surface area contributed by atoms with Crippen LogP contribution in [-0.2, 0) is 17.6 Å². The number of hydrogen-bond acceptors (Lipinski definition) is 8. The molecule has 9 heteroatoms. The molecule has 8 nitrogen and oxygen atoms in total. The zero-order valence-corrected chi connectivity index (χ0v) is 14.6. The van der Waals surface area contributed by atoms with Crippen molar-refractivity contribution in [3.8, 4) is 11.4 Å². The van der Waals surface area contributed by atoms with Crippen LogP contribution < -0.4 is 5.32 Å². The monoisotopic (exact) mass is 358 g/mol. The van der Waals surface area contributed by atoms with Crippen molar-refractivity contribution in [1.29, 1.82) is 0 Å². The van der Waals surface area contributed by atoms with Gasteiger partial charge in [0.1, 0.15) is 5.01 Å². The smallest absolute Gasteiger partial charge is 0.227 e. The maximum atomic E-state index is 12.0. The number of unbranched alkanes of at least 4 members (excludes halogenated alkanes) is 1. The van der Waals surface area contributed by atoms with Crippen molar-refractivity contribution >= 4 is 22.4 Å². The van der Waals surface area contributed by atoms with Crippen LogP contribution in [0.15, 0.2) is 29.0 Å². The minimum Gasteiger partial charge on any atom is -0.339 e. The number of carbonyl (C=O) groups excluding carboxylic acids is 1. The Labute approximate surface area is 148 Å². The summed E-state index contributed by atoms with van der Waals surface area (Å²) < 4.78 is 5.18. The van der Waals surface area contributed by atoms with Crippen LogP contribution in [0.5, 0.6) is 0 Å². The van der Waals surface area contributed by atoms with Crippen molar-refractivity contribution in [1.82, 2.24) is 25.3 Å². The Morgan fingerprint density at radius 1 is 1.24 bits per heavy atom. The van der Waals surface area contributed by atoms with Crippen molar-refractivity contribution in [2.75, 3.05) is 5.32 Å². The van der Waals surface area contributed by atoms with E-state index in [1.807, 2.05) is 0 Å². The maximum absolute atomic E-state index is 12.0. The third-order valence-electron chi connectivity index (χ3n) is 3.43. The summed E-state index contributed by atoms with van der Waals surface area (Å²) in [5.74, 6) is 0.757. The molecule has 1 amide bonds. The van der Waals surface area contributed by atoms with Gasteiger partial charge >= 0.3 is 0 Å². The molecule has 0 bridgehead atoms. The van der Waals surface area contributed by atoms with E-state index in [0.717, 1.165) is 29.8 Å². The van der Waals surface area contributed by atoms with Crippen LogP contribution in [0.3, 0.4) is 0 Å². The fraction of sp³-hybridized carbons (Fsp3) is 0.375. The standard InChI is InChI=1S/C16H18N6O2S/c1-2-3-4-14-20-21-16(25-14)18-12(23)5-6-13-19-15(22-24-13)11-7-9-17-10-8-11/h7-10H,2-6H2,1H3,(H,18,21,23). The van der Waals surface area contributed by atoms with Gasteiger partial charge in [0.05, 0.1) is 0 Å². The maximum Gasteiger partial charge on any atom is 0.227 e. The SMILES string of the molecule is CCCCc1nnc(NC(=O)CCc2nc(-c3ccncc3)no2)s1. The van der Waals surface area contributed by atoms with Crippen LogP contribution in [0.25, 0.3) is 11.4 Å². The average molecular weight is 358 g/mol. The number of nitrogens with zero attached hydrogens (tertiary/aromatic N) is 5. The lowest BCUT2D eigenvalue weighted by molar-refractivity contribution is -0.116. The Morgan fingerprint density at radius 2 is 2.08 bits per heavy atom. The molecule has 0 atom stereocenters. The van der Waals surface area contributed by atoms with Crippen LogP contribution in [0.1, 0.15) is 37.1 Å². The predicted molar refractivity (Wildman–Crippen MR) is 93.0 cm³/mol. The van der Waals surface area contributed by atoms with Crippen LogP contribution >= 0.6 is 11.3 Å². The zero-order valence-electron chi connectivity index (χ0n) is 13.8. The van der Waals surface area contributed by atoms with E-state index in [4.69, 9.17) is 4.52 Å². The van der Waals surface area contributed by atoms with Gasteiger partial charge in [-0.1, -0.05) is 29.8 Å². The fourth-order valence-corrected chi connectivity index (χ4v) is 2.91. The predicted octanol–water partition coefficient (Wildman–Crippen LogP) is 2.90. The van der Waals surface area contributed by atoms with Gasteiger partial charge in [0.15, 0.2) is 0 Å². The number of rotatable bonds is 8. The topological polar surface area (TPSA) is 107 Å². The third kappa shape index (κ3) is 4.90. The summed E-state index contributed by atoms with van der Waals surface area (Å²) in [4.78, 5) is 20.2. The van der Waals surface area contributed by atoms with Crippen molar-refractivity contribution in [2.45, 2.75) is 39.0 Å². The van der Waals surface area contributed by atoms with E-state index in [2.05, 4.69) is 37.6 Å². The molecule has 0 fully saturated rings. The number of pyridine rings is 1. The second kappa shape index (κ2) is 8.43. The van der Waals surface area contributed by atoms with Gasteiger partial charge in [-0.15, -0.1) is 10.2 Å². The molecular weight excluding hydrogens is 340 g/mol. The number of anilines is 1. The van der Waals surface area contributed by atoms with Crippen LogP contribution in [0, 0.1) is 0 Å². The molecule has 0 aliphatic rings. The largest absolute Gasteiger partial charge is 0.339 e. The van der Waals surface area contributed by atoms with Gasteiger partial charge in [-0.2, -0.15) is 4.98 Å². The molecule has 25 heavy (non-hydrogen) atoms. The van der Waals surface area contributed by atoms with Gasteiger partial charge in [0.25, 0.3) is 0 Å². The molecule has 3 rings (SSSR count). The van der Waals surface area contributed by atoms with Crippen molar-refractivity contribution in [3.05, 3.63) is 35.4 Å². The molecule has 3 aromatic rings. The van der Waals surface area contributed by atoms with Gasteiger partial charge in [-0.3, -0.25) is 9.78 Å². The molecule has 3 aromatic heterocycles. The highest BCUT2D eigenvalue weighted by Crippen LogP contribution is 2.18. The molecule has 0 saturated heterocycles. The van der Waals surface area contributed by atoms with E-state index in [-0.39, 0.29) is 12.3 Å². The number of nitrogens with one attached hydrogen (secondary N) is 1. The highest BCUT2D eigenvalue weighted by atomic mass is 32.1. The molecule has 0 unspecified atom stereocenters.